The summed E-state index contributed by atoms with van der Waals surface area (Å²) in [4.78, 5) is 29.1. The summed E-state index contributed by atoms with van der Waals surface area (Å²) in [6.45, 7) is 1.75. The normalized spacial score (nSPS) is 19.1. The lowest BCUT2D eigenvalue weighted by atomic mass is 9.86. The van der Waals surface area contributed by atoms with Crippen molar-refractivity contribution in [3.63, 3.8) is 0 Å². The molecule has 9 heteroatoms. The molecule has 6 rings (SSSR count). The third-order valence-electron chi connectivity index (χ3n) is 7.36. The number of piperidine rings is 1. The third-order valence-corrected chi connectivity index (χ3v) is 8.53. The van der Waals surface area contributed by atoms with Gasteiger partial charge in [-0.05, 0) is 70.0 Å². The van der Waals surface area contributed by atoms with E-state index in [-0.39, 0.29) is 5.92 Å². The van der Waals surface area contributed by atoms with Crippen LogP contribution in [0.2, 0.25) is 0 Å². The van der Waals surface area contributed by atoms with Gasteiger partial charge >= 0.3 is 0 Å². The maximum Gasteiger partial charge on any atom is 0.226 e. The van der Waals surface area contributed by atoms with Crippen LogP contribution in [0, 0.1) is 5.92 Å². The van der Waals surface area contributed by atoms with Gasteiger partial charge in [-0.25, -0.2) is 14.5 Å². The molecule has 4 aromatic rings. The number of aryl methyl sites for hydroxylation is 1. The molecule has 1 N–H and O–H groups in total. The first kappa shape index (κ1) is 21.5. The zero-order chi connectivity index (χ0) is 23.2. The number of hydrogen-bond acceptors (Lipinski definition) is 7. The van der Waals surface area contributed by atoms with Crippen molar-refractivity contribution in [1.82, 2.24) is 29.4 Å². The molecule has 176 valence electrons. The van der Waals surface area contributed by atoms with Gasteiger partial charge in [0.2, 0.25) is 5.91 Å². The highest BCUT2D eigenvalue weighted by Gasteiger charge is 2.33. The molecule has 8 nitrogen and oxygen atoms in total. The van der Waals surface area contributed by atoms with Crippen molar-refractivity contribution >= 4 is 44.5 Å². The lowest BCUT2D eigenvalue weighted by Crippen LogP contribution is -2.47. The van der Waals surface area contributed by atoms with Crippen molar-refractivity contribution in [2.24, 2.45) is 5.92 Å². The van der Waals surface area contributed by atoms with Crippen LogP contribution in [0.25, 0.3) is 15.7 Å². The van der Waals surface area contributed by atoms with E-state index in [1.807, 2.05) is 22.8 Å². The van der Waals surface area contributed by atoms with Gasteiger partial charge in [-0.2, -0.15) is 5.10 Å². The van der Waals surface area contributed by atoms with Gasteiger partial charge in [0.1, 0.15) is 17.0 Å². The van der Waals surface area contributed by atoms with E-state index >= 15 is 0 Å². The van der Waals surface area contributed by atoms with Crippen LogP contribution in [-0.4, -0.2) is 68.5 Å². The van der Waals surface area contributed by atoms with E-state index in [1.54, 1.807) is 23.9 Å². The smallest absolute Gasteiger partial charge is 0.226 e. The number of hydrogen-bond donors (Lipinski definition) is 1. The number of fused-ring (bicyclic) bond motifs is 4. The van der Waals surface area contributed by atoms with Crippen LogP contribution < -0.4 is 5.32 Å². The van der Waals surface area contributed by atoms with E-state index in [9.17, 15) is 4.79 Å². The van der Waals surface area contributed by atoms with E-state index in [2.05, 4.69) is 50.3 Å². The van der Waals surface area contributed by atoms with Gasteiger partial charge in [0.25, 0.3) is 0 Å². The molecule has 5 heterocycles. The fourth-order valence-electron chi connectivity index (χ4n) is 5.41. The maximum atomic E-state index is 13.3. The van der Waals surface area contributed by atoms with Crippen LogP contribution in [0.4, 0.5) is 11.5 Å². The SMILES string of the molecule is CN(C)C1CCN(C(=O)[C@H]2CCc3c(sc4ncnc(Nc5ccn6nccc6c5)c34)C2)CC1. The summed E-state index contributed by atoms with van der Waals surface area (Å²) in [6.07, 6.45) is 10.1. The predicted octanol–water partition coefficient (Wildman–Crippen LogP) is 3.74. The Morgan fingerprint density at radius 2 is 2.03 bits per heavy atom. The van der Waals surface area contributed by atoms with E-state index in [0.29, 0.717) is 11.9 Å². The summed E-state index contributed by atoms with van der Waals surface area (Å²) < 4.78 is 1.84. The Morgan fingerprint density at radius 1 is 1.18 bits per heavy atom. The van der Waals surface area contributed by atoms with E-state index in [0.717, 1.165) is 72.4 Å². The number of nitrogens with one attached hydrogen (secondary N) is 1. The monoisotopic (exact) mass is 475 g/mol. The van der Waals surface area contributed by atoms with Crippen molar-refractivity contribution in [1.29, 1.82) is 0 Å². The highest BCUT2D eigenvalue weighted by atomic mass is 32.1. The number of pyridine rings is 1. The van der Waals surface area contributed by atoms with Crippen molar-refractivity contribution < 1.29 is 4.79 Å². The number of likely N-dealkylation sites (tertiary alicyclic amines) is 1. The van der Waals surface area contributed by atoms with Crippen LogP contribution in [0.3, 0.4) is 0 Å². The molecule has 1 saturated heterocycles. The van der Waals surface area contributed by atoms with E-state index in [1.165, 1.54) is 10.4 Å². The number of thiophene rings is 1. The first-order chi connectivity index (χ1) is 16.6. The Hall–Kier alpha value is -3.04. The quantitative estimate of drug-likeness (QED) is 0.485. The number of carbonyl (C=O) groups is 1. The highest BCUT2D eigenvalue weighted by molar-refractivity contribution is 7.19. The maximum absolute atomic E-state index is 13.3. The van der Waals surface area contributed by atoms with Crippen molar-refractivity contribution in [3.8, 4) is 0 Å². The molecule has 1 atom stereocenters. The first-order valence-electron chi connectivity index (χ1n) is 12.0. The lowest BCUT2D eigenvalue weighted by Gasteiger charge is -2.37. The summed E-state index contributed by atoms with van der Waals surface area (Å²) in [5.41, 5.74) is 3.31. The van der Waals surface area contributed by atoms with Gasteiger partial charge in [0.05, 0.1) is 10.9 Å². The van der Waals surface area contributed by atoms with Crippen LogP contribution in [0.1, 0.15) is 29.7 Å². The summed E-state index contributed by atoms with van der Waals surface area (Å²) in [6, 6.07) is 6.63. The van der Waals surface area contributed by atoms with Crippen LogP contribution in [-0.2, 0) is 17.6 Å². The van der Waals surface area contributed by atoms with Crippen molar-refractivity contribution in [2.75, 3.05) is 32.5 Å². The Balaban J connectivity index is 1.22. The standard InChI is InChI=1S/C25H29N7OS/c1-30(2)18-7-10-31(11-8-18)25(33)16-3-4-20-21(13-16)34-24-22(20)23(26-15-27-24)29-17-6-12-32-19(14-17)5-9-28-32/h5-6,9,12,14-16,18H,3-4,7-8,10-11,13H2,1-2H3,(H,26,27,29)/t16-/m0/s1. The van der Waals surface area contributed by atoms with Gasteiger partial charge in [-0.3, -0.25) is 4.79 Å². The average molecular weight is 476 g/mol. The van der Waals surface area contributed by atoms with Gasteiger partial charge < -0.3 is 15.1 Å². The number of carbonyl (C=O) groups excluding carboxylic acids is 1. The minimum absolute atomic E-state index is 0.0742. The lowest BCUT2D eigenvalue weighted by molar-refractivity contribution is -0.137. The van der Waals surface area contributed by atoms with E-state index in [4.69, 9.17) is 0 Å². The Labute approximate surface area is 202 Å². The summed E-state index contributed by atoms with van der Waals surface area (Å²) in [5.74, 6) is 1.24. The van der Waals surface area contributed by atoms with Crippen LogP contribution in [0.15, 0.2) is 36.9 Å². The summed E-state index contributed by atoms with van der Waals surface area (Å²) >= 11 is 1.72. The molecule has 0 radical (unpaired) electrons. The molecule has 1 fully saturated rings. The molecule has 0 bridgehead atoms. The highest BCUT2D eigenvalue weighted by Crippen LogP contribution is 2.41. The predicted molar refractivity (Wildman–Crippen MR) is 135 cm³/mol. The molecular formula is C25H29N7OS. The molecule has 0 unspecified atom stereocenters. The third kappa shape index (κ3) is 3.82. The number of rotatable bonds is 4. The molecule has 1 aliphatic carbocycles. The Morgan fingerprint density at radius 3 is 2.85 bits per heavy atom. The molecule has 1 aliphatic heterocycles. The van der Waals surface area contributed by atoms with Gasteiger partial charge in [0.15, 0.2) is 0 Å². The van der Waals surface area contributed by atoms with Crippen LogP contribution >= 0.6 is 11.3 Å². The largest absolute Gasteiger partial charge is 0.342 e. The number of anilines is 2. The van der Waals surface area contributed by atoms with Gasteiger partial charge in [0, 0.05) is 48.0 Å². The minimum atomic E-state index is 0.0742. The molecule has 0 saturated carbocycles. The second-order valence-electron chi connectivity index (χ2n) is 9.61. The van der Waals surface area contributed by atoms with Crippen LogP contribution in [0.5, 0.6) is 0 Å². The molecule has 34 heavy (non-hydrogen) atoms. The number of amides is 1. The second-order valence-corrected chi connectivity index (χ2v) is 10.7. The molecule has 4 aromatic heterocycles. The Bertz CT molecular complexity index is 1350. The fourth-order valence-corrected chi connectivity index (χ4v) is 6.68. The molecule has 0 spiro atoms. The van der Waals surface area contributed by atoms with Crippen molar-refractivity contribution in [2.45, 2.75) is 38.1 Å². The first-order valence-corrected chi connectivity index (χ1v) is 12.8. The number of nitrogens with zero attached hydrogens (tertiary/aromatic N) is 6. The average Bonchev–Trinajstić information content (AvgIpc) is 3.47. The van der Waals surface area contributed by atoms with E-state index < -0.39 is 0 Å². The molecule has 0 aromatic carbocycles. The zero-order valence-corrected chi connectivity index (χ0v) is 20.4. The van der Waals surface area contributed by atoms with Crippen molar-refractivity contribution in [3.05, 3.63) is 47.4 Å². The van der Waals surface area contributed by atoms with Gasteiger partial charge in [-0.15, -0.1) is 11.3 Å². The second kappa shape index (κ2) is 8.63. The summed E-state index contributed by atoms with van der Waals surface area (Å²) in [7, 11) is 4.27. The topological polar surface area (TPSA) is 78.7 Å². The fraction of sp³-hybridized carbons (Fsp3) is 0.440. The molecule has 2 aliphatic rings. The minimum Gasteiger partial charge on any atom is -0.342 e. The van der Waals surface area contributed by atoms with Gasteiger partial charge in [-0.1, -0.05) is 0 Å². The summed E-state index contributed by atoms with van der Waals surface area (Å²) in [5, 5.41) is 8.87. The Kier molecular flexibility index (Phi) is 5.45. The number of aromatic nitrogens is 4. The zero-order valence-electron chi connectivity index (χ0n) is 19.6. The molecule has 1 amide bonds. The molecular weight excluding hydrogens is 446 g/mol.